The van der Waals surface area contributed by atoms with Crippen molar-refractivity contribution in [3.63, 3.8) is 0 Å². The van der Waals surface area contributed by atoms with Gasteiger partial charge < -0.3 is 4.90 Å². The normalized spacial score (nSPS) is 20.1. The van der Waals surface area contributed by atoms with Crippen LogP contribution in [-0.4, -0.2) is 58.6 Å². The lowest BCUT2D eigenvalue weighted by Gasteiger charge is -2.41. The average Bonchev–Trinajstić information content (AvgIpc) is 3.28. The summed E-state index contributed by atoms with van der Waals surface area (Å²) in [5.41, 5.74) is 3.27. The first-order valence-electron chi connectivity index (χ1n) is 11.1. The zero-order valence-corrected chi connectivity index (χ0v) is 20.0. The van der Waals surface area contributed by atoms with Crippen LogP contribution in [0.15, 0.2) is 48.5 Å². The number of fused-ring (bicyclic) bond motifs is 1. The van der Waals surface area contributed by atoms with Gasteiger partial charge in [-0.2, -0.15) is 21.4 Å². The van der Waals surface area contributed by atoms with Crippen molar-refractivity contribution in [2.75, 3.05) is 31.1 Å². The molecule has 1 atom stereocenters. The number of benzene rings is 2. The first kappa shape index (κ1) is 22.4. The maximum atomic E-state index is 13.4. The predicted molar refractivity (Wildman–Crippen MR) is 127 cm³/mol. The summed E-state index contributed by atoms with van der Waals surface area (Å²) in [6, 6.07) is 14.2. The minimum absolute atomic E-state index is 0.176. The zero-order chi connectivity index (χ0) is 23.0. The largest absolute Gasteiger partial charge is 0.344 e. The van der Waals surface area contributed by atoms with Gasteiger partial charge in [0.2, 0.25) is 5.13 Å². The molecule has 1 saturated heterocycles. The lowest BCUT2D eigenvalue weighted by Crippen LogP contribution is -2.58. The van der Waals surface area contributed by atoms with Crippen molar-refractivity contribution in [1.29, 1.82) is 0 Å². The molecular formula is C23H26FN5O2S2. The number of rotatable bonds is 5. The van der Waals surface area contributed by atoms with E-state index in [1.54, 1.807) is 20.7 Å². The summed E-state index contributed by atoms with van der Waals surface area (Å²) in [5.74, 6) is 0.428. The molecule has 174 valence electrons. The van der Waals surface area contributed by atoms with E-state index in [9.17, 15) is 12.8 Å². The fourth-order valence-electron chi connectivity index (χ4n) is 4.50. The standard InChI is InChI=1S/C23H26FN5O2S2/c1-17-15-27(23-25-22(26-32-23)14-18-6-8-21(24)9-7-18)12-13-29(17)33(30,31)28-11-10-19-4-2-3-5-20(19)16-28/h2-9,17H,10-16H2,1H3. The van der Waals surface area contributed by atoms with E-state index < -0.39 is 10.2 Å². The molecule has 5 rings (SSSR count). The third kappa shape index (κ3) is 4.65. The molecule has 2 aliphatic heterocycles. The summed E-state index contributed by atoms with van der Waals surface area (Å²) in [6.45, 7) is 4.43. The number of nitrogens with zero attached hydrogens (tertiary/aromatic N) is 5. The van der Waals surface area contributed by atoms with Gasteiger partial charge in [0, 0.05) is 56.7 Å². The van der Waals surface area contributed by atoms with E-state index in [0.29, 0.717) is 45.0 Å². The highest BCUT2D eigenvalue weighted by atomic mass is 32.2. The first-order chi connectivity index (χ1) is 15.9. The molecule has 0 spiro atoms. The SMILES string of the molecule is CC1CN(c2nc(Cc3ccc(F)cc3)ns2)CCN1S(=O)(=O)N1CCc2ccccc2C1. The van der Waals surface area contributed by atoms with E-state index in [-0.39, 0.29) is 11.9 Å². The molecule has 0 aliphatic carbocycles. The van der Waals surface area contributed by atoms with Crippen molar-refractivity contribution < 1.29 is 12.8 Å². The lowest BCUT2D eigenvalue weighted by molar-refractivity contribution is 0.267. The molecule has 1 fully saturated rings. The van der Waals surface area contributed by atoms with Crippen LogP contribution >= 0.6 is 11.5 Å². The van der Waals surface area contributed by atoms with Gasteiger partial charge in [-0.25, -0.2) is 9.37 Å². The van der Waals surface area contributed by atoms with Gasteiger partial charge in [0.25, 0.3) is 10.2 Å². The zero-order valence-electron chi connectivity index (χ0n) is 18.4. The van der Waals surface area contributed by atoms with Crippen molar-refractivity contribution in [2.45, 2.75) is 32.4 Å². The topological polar surface area (TPSA) is 69.6 Å². The van der Waals surface area contributed by atoms with Gasteiger partial charge in [-0.1, -0.05) is 36.4 Å². The summed E-state index contributed by atoms with van der Waals surface area (Å²) in [7, 11) is -3.54. The van der Waals surface area contributed by atoms with Crippen LogP contribution in [0.1, 0.15) is 29.4 Å². The van der Waals surface area contributed by atoms with Gasteiger partial charge in [-0.3, -0.25) is 0 Å². The number of halogens is 1. The van der Waals surface area contributed by atoms with E-state index in [1.807, 2.05) is 25.1 Å². The van der Waals surface area contributed by atoms with Crippen LogP contribution in [-0.2, 0) is 29.6 Å². The number of aromatic nitrogens is 2. The minimum atomic E-state index is -3.54. The van der Waals surface area contributed by atoms with Crippen LogP contribution in [0, 0.1) is 5.82 Å². The van der Waals surface area contributed by atoms with Gasteiger partial charge in [-0.05, 0) is 42.2 Å². The Morgan fingerprint density at radius 1 is 1.06 bits per heavy atom. The van der Waals surface area contributed by atoms with E-state index >= 15 is 0 Å². The molecule has 2 aliphatic rings. The summed E-state index contributed by atoms with van der Waals surface area (Å²) in [6.07, 6.45) is 1.28. The Balaban J connectivity index is 1.24. The third-order valence-electron chi connectivity index (χ3n) is 6.29. The van der Waals surface area contributed by atoms with Crippen molar-refractivity contribution in [1.82, 2.24) is 18.0 Å². The van der Waals surface area contributed by atoms with Gasteiger partial charge in [0.05, 0.1) is 0 Å². The molecule has 3 aromatic rings. The molecule has 0 amide bonds. The Morgan fingerprint density at radius 2 is 1.82 bits per heavy atom. The molecule has 0 radical (unpaired) electrons. The maximum absolute atomic E-state index is 13.4. The third-order valence-corrected chi connectivity index (χ3v) is 9.20. The van der Waals surface area contributed by atoms with Crippen LogP contribution < -0.4 is 4.90 Å². The molecule has 7 nitrogen and oxygen atoms in total. The molecule has 1 aromatic heterocycles. The number of piperazine rings is 1. The highest BCUT2D eigenvalue weighted by Crippen LogP contribution is 2.27. The van der Waals surface area contributed by atoms with Crippen LogP contribution in [0.2, 0.25) is 0 Å². The predicted octanol–water partition coefficient (Wildman–Crippen LogP) is 3.08. The summed E-state index contributed by atoms with van der Waals surface area (Å²) in [5, 5.41) is 0.794. The molecule has 0 bridgehead atoms. The summed E-state index contributed by atoms with van der Waals surface area (Å²) in [4.78, 5) is 6.75. The molecule has 33 heavy (non-hydrogen) atoms. The molecular weight excluding hydrogens is 461 g/mol. The molecule has 3 heterocycles. The quantitative estimate of drug-likeness (QED) is 0.553. The number of hydrogen-bond donors (Lipinski definition) is 0. The molecule has 0 N–H and O–H groups in total. The molecule has 1 unspecified atom stereocenters. The second kappa shape index (κ2) is 9.09. The number of hydrogen-bond acceptors (Lipinski definition) is 6. The highest BCUT2D eigenvalue weighted by molar-refractivity contribution is 7.86. The van der Waals surface area contributed by atoms with Crippen LogP contribution in [0.3, 0.4) is 0 Å². The second-order valence-electron chi connectivity index (χ2n) is 8.56. The molecule has 2 aromatic carbocycles. The second-order valence-corrected chi connectivity index (χ2v) is 11.2. The smallest absolute Gasteiger partial charge is 0.282 e. The lowest BCUT2D eigenvalue weighted by atomic mass is 10.0. The Morgan fingerprint density at radius 3 is 2.58 bits per heavy atom. The maximum Gasteiger partial charge on any atom is 0.282 e. The van der Waals surface area contributed by atoms with Gasteiger partial charge in [0.15, 0.2) is 0 Å². The Labute approximate surface area is 197 Å². The monoisotopic (exact) mass is 487 g/mol. The Kier molecular flexibility index (Phi) is 6.17. The van der Waals surface area contributed by atoms with E-state index in [4.69, 9.17) is 0 Å². The number of anilines is 1. The Hall–Kier alpha value is -2.40. The fourth-order valence-corrected chi connectivity index (χ4v) is 6.98. The van der Waals surface area contributed by atoms with Gasteiger partial charge in [-0.15, -0.1) is 0 Å². The first-order valence-corrected chi connectivity index (χ1v) is 13.2. The highest BCUT2D eigenvalue weighted by Gasteiger charge is 2.38. The van der Waals surface area contributed by atoms with Gasteiger partial charge in [0.1, 0.15) is 11.6 Å². The van der Waals surface area contributed by atoms with Gasteiger partial charge >= 0.3 is 0 Å². The van der Waals surface area contributed by atoms with Crippen molar-refractivity contribution in [3.8, 4) is 0 Å². The Bertz CT molecular complexity index is 1230. The molecule has 10 heteroatoms. The van der Waals surface area contributed by atoms with Crippen LogP contribution in [0.25, 0.3) is 0 Å². The van der Waals surface area contributed by atoms with Crippen molar-refractivity contribution >= 4 is 26.9 Å². The van der Waals surface area contributed by atoms with E-state index in [1.165, 1.54) is 29.2 Å². The van der Waals surface area contributed by atoms with E-state index in [2.05, 4.69) is 20.3 Å². The van der Waals surface area contributed by atoms with Crippen LogP contribution in [0.4, 0.5) is 9.52 Å². The summed E-state index contributed by atoms with van der Waals surface area (Å²) < 4.78 is 47.6. The summed E-state index contributed by atoms with van der Waals surface area (Å²) >= 11 is 1.32. The molecule has 0 saturated carbocycles. The minimum Gasteiger partial charge on any atom is -0.344 e. The van der Waals surface area contributed by atoms with Crippen molar-refractivity contribution in [3.05, 3.63) is 76.9 Å². The van der Waals surface area contributed by atoms with Crippen molar-refractivity contribution in [2.24, 2.45) is 0 Å². The fraction of sp³-hybridized carbons (Fsp3) is 0.391. The average molecular weight is 488 g/mol. The van der Waals surface area contributed by atoms with E-state index in [0.717, 1.165) is 22.7 Å². The van der Waals surface area contributed by atoms with Crippen LogP contribution in [0.5, 0.6) is 0 Å².